The standard InChI is InChI=1S/C10H12N16O2/c11-9(12)1-25(2-9)7-19-15-5(16-20-7)13-14-6-17-21-8(22-18-6)26-3-10(4-26,23-27)24-28/h1-4,11-12H2. The van der Waals surface area contributed by atoms with Gasteiger partial charge in [-0.1, -0.05) is 0 Å². The van der Waals surface area contributed by atoms with E-state index >= 15 is 0 Å². The minimum absolute atomic E-state index is 0.0474. The summed E-state index contributed by atoms with van der Waals surface area (Å²) in [6, 6.07) is 0. The molecule has 2 saturated heterocycles. The van der Waals surface area contributed by atoms with E-state index in [0.29, 0.717) is 13.1 Å². The Balaban J connectivity index is 1.35. The van der Waals surface area contributed by atoms with Crippen molar-refractivity contribution in [2.45, 2.75) is 11.3 Å². The fraction of sp³-hybridized carbons (Fsp3) is 0.600. The van der Waals surface area contributed by atoms with Crippen LogP contribution in [0.15, 0.2) is 20.6 Å². The predicted molar refractivity (Wildman–Crippen MR) is 89.3 cm³/mol. The van der Waals surface area contributed by atoms with E-state index in [1.807, 2.05) is 0 Å². The number of hydrogen-bond donors (Lipinski definition) is 2. The molecule has 2 fully saturated rings. The summed E-state index contributed by atoms with van der Waals surface area (Å²) in [4.78, 5) is 24.4. The Hall–Kier alpha value is -3.80. The Morgan fingerprint density at radius 2 is 1.07 bits per heavy atom. The molecule has 0 aliphatic carbocycles. The Morgan fingerprint density at radius 1 is 0.679 bits per heavy atom. The summed E-state index contributed by atoms with van der Waals surface area (Å²) in [5, 5.41) is 42.9. The smallest absolute Gasteiger partial charge is 0.306 e. The van der Waals surface area contributed by atoms with Gasteiger partial charge in [-0.05, 0) is 10.4 Å². The lowest BCUT2D eigenvalue weighted by Gasteiger charge is -2.44. The third-order valence-corrected chi connectivity index (χ3v) is 3.91. The van der Waals surface area contributed by atoms with Gasteiger partial charge in [-0.3, -0.25) is 0 Å². The third kappa shape index (κ3) is 3.27. The molecule has 2 aliphatic heterocycles. The quantitative estimate of drug-likeness (QED) is 0.301. The predicted octanol–water partition coefficient (Wildman–Crippen LogP) is -2.26. The highest BCUT2D eigenvalue weighted by atomic mass is 16.3. The van der Waals surface area contributed by atoms with E-state index in [0.717, 1.165) is 0 Å². The second-order valence-electron chi connectivity index (χ2n) is 6.31. The van der Waals surface area contributed by atoms with E-state index in [1.165, 1.54) is 4.90 Å². The van der Waals surface area contributed by atoms with E-state index in [9.17, 15) is 9.81 Å². The molecular formula is C10H12N16O2. The monoisotopic (exact) mass is 388 g/mol. The van der Waals surface area contributed by atoms with Crippen molar-refractivity contribution >= 4 is 23.8 Å². The van der Waals surface area contributed by atoms with Gasteiger partial charge in [-0.15, -0.1) is 60.8 Å². The third-order valence-electron chi connectivity index (χ3n) is 3.91. The molecule has 0 saturated carbocycles. The number of hydrogen-bond acceptors (Lipinski definition) is 18. The van der Waals surface area contributed by atoms with Crippen LogP contribution in [0.4, 0.5) is 23.8 Å². The molecule has 4 N–H and O–H groups in total. The maximum atomic E-state index is 10.6. The summed E-state index contributed by atoms with van der Waals surface area (Å²) in [5.41, 5.74) is 9.12. The highest BCUT2D eigenvalue weighted by Crippen LogP contribution is 2.28. The van der Waals surface area contributed by atoms with Gasteiger partial charge >= 0.3 is 11.9 Å². The van der Waals surface area contributed by atoms with Gasteiger partial charge in [0.1, 0.15) is 0 Å². The highest BCUT2D eigenvalue weighted by Gasteiger charge is 2.48. The van der Waals surface area contributed by atoms with Crippen LogP contribution < -0.4 is 21.3 Å². The maximum Gasteiger partial charge on any atom is 0.306 e. The van der Waals surface area contributed by atoms with Gasteiger partial charge < -0.3 is 21.3 Å². The first-order valence-corrected chi connectivity index (χ1v) is 7.75. The van der Waals surface area contributed by atoms with Gasteiger partial charge in [0, 0.05) is 0 Å². The summed E-state index contributed by atoms with van der Waals surface area (Å²) in [5.74, 6) is 0.0836. The average Bonchev–Trinajstić information content (AvgIpc) is 2.66. The lowest BCUT2D eigenvalue weighted by atomic mass is 10.0. The molecule has 2 aromatic heterocycles. The normalized spacial score (nSPS) is 19.8. The molecule has 28 heavy (non-hydrogen) atoms. The Labute approximate surface area is 154 Å². The first-order valence-electron chi connectivity index (χ1n) is 7.75. The number of aromatic nitrogens is 8. The molecule has 18 heteroatoms. The summed E-state index contributed by atoms with van der Waals surface area (Å²) in [6.45, 7) is 0.680. The van der Waals surface area contributed by atoms with Crippen molar-refractivity contribution in [2.75, 3.05) is 36.0 Å². The summed E-state index contributed by atoms with van der Waals surface area (Å²) in [7, 11) is 0. The van der Waals surface area contributed by atoms with Gasteiger partial charge in [-0.2, -0.15) is 0 Å². The summed E-state index contributed by atoms with van der Waals surface area (Å²) in [6.07, 6.45) is 0. The highest BCUT2D eigenvalue weighted by molar-refractivity contribution is 5.37. The summed E-state index contributed by atoms with van der Waals surface area (Å²) >= 11 is 0. The van der Waals surface area contributed by atoms with E-state index in [2.05, 4.69) is 61.4 Å². The molecule has 18 nitrogen and oxygen atoms in total. The molecule has 0 amide bonds. The zero-order chi connectivity index (χ0) is 19.8. The molecule has 0 radical (unpaired) electrons. The number of nitrogens with zero attached hydrogens (tertiary/aromatic N) is 14. The number of rotatable bonds is 6. The molecule has 2 aromatic rings. The van der Waals surface area contributed by atoms with E-state index in [-0.39, 0.29) is 36.9 Å². The van der Waals surface area contributed by atoms with Crippen molar-refractivity contribution in [3.05, 3.63) is 9.81 Å². The molecule has 4 heterocycles. The van der Waals surface area contributed by atoms with Crippen LogP contribution in [-0.4, -0.2) is 78.3 Å². The van der Waals surface area contributed by atoms with Crippen LogP contribution >= 0.6 is 0 Å². The first-order chi connectivity index (χ1) is 13.4. The maximum absolute atomic E-state index is 10.6. The van der Waals surface area contributed by atoms with Crippen LogP contribution in [-0.2, 0) is 0 Å². The average molecular weight is 388 g/mol. The largest absolute Gasteiger partial charge is 0.332 e. The molecular weight excluding hydrogens is 376 g/mol. The molecule has 0 spiro atoms. The van der Waals surface area contributed by atoms with Crippen molar-refractivity contribution in [2.24, 2.45) is 32.0 Å². The van der Waals surface area contributed by atoms with Gasteiger partial charge in [0.15, 0.2) is 0 Å². The molecule has 144 valence electrons. The van der Waals surface area contributed by atoms with E-state index in [1.54, 1.807) is 4.90 Å². The first kappa shape index (κ1) is 17.6. The Bertz CT molecular complexity index is 888. The SMILES string of the molecule is NC1(N)CN(c2nnc(N=Nc3nnc(N4CC(N=O)(N=O)C4)nn3)nn2)C1. The van der Waals surface area contributed by atoms with E-state index in [4.69, 9.17) is 11.5 Å². The second-order valence-corrected chi connectivity index (χ2v) is 6.31. The van der Waals surface area contributed by atoms with Crippen molar-refractivity contribution < 1.29 is 0 Å². The number of azo groups is 1. The van der Waals surface area contributed by atoms with Gasteiger partial charge in [-0.25, -0.2) is 0 Å². The lowest BCUT2D eigenvalue weighted by Crippen LogP contribution is -2.73. The number of nitroso groups, excluding NO2 is 2. The van der Waals surface area contributed by atoms with Gasteiger partial charge in [0.05, 0.1) is 31.8 Å². The van der Waals surface area contributed by atoms with Crippen molar-refractivity contribution in [3.63, 3.8) is 0 Å². The number of nitrogens with two attached hydrogens (primary N) is 2. The van der Waals surface area contributed by atoms with Crippen LogP contribution in [0.2, 0.25) is 0 Å². The zero-order valence-corrected chi connectivity index (χ0v) is 14.1. The number of anilines is 2. The second kappa shape index (κ2) is 6.42. The molecule has 0 atom stereocenters. The van der Waals surface area contributed by atoms with Crippen LogP contribution in [0, 0.1) is 9.81 Å². The van der Waals surface area contributed by atoms with Crippen LogP contribution in [0.5, 0.6) is 0 Å². The molecule has 0 bridgehead atoms. The molecule has 0 aromatic carbocycles. The molecule has 4 rings (SSSR count). The van der Waals surface area contributed by atoms with Crippen LogP contribution in [0.3, 0.4) is 0 Å². The fourth-order valence-electron chi connectivity index (χ4n) is 2.50. The Kier molecular flexibility index (Phi) is 4.04. The van der Waals surface area contributed by atoms with Crippen LogP contribution in [0.1, 0.15) is 0 Å². The summed E-state index contributed by atoms with van der Waals surface area (Å²) < 4.78 is 0. The van der Waals surface area contributed by atoms with Gasteiger partial charge in [0.25, 0.3) is 17.6 Å². The minimum Gasteiger partial charge on any atom is -0.332 e. The lowest BCUT2D eigenvalue weighted by molar-refractivity contribution is 0.338. The molecule has 2 aliphatic rings. The Morgan fingerprint density at radius 3 is 1.43 bits per heavy atom. The zero-order valence-electron chi connectivity index (χ0n) is 14.1. The van der Waals surface area contributed by atoms with Crippen molar-refractivity contribution in [1.82, 2.24) is 40.8 Å². The molecule has 0 unspecified atom stereocenters. The van der Waals surface area contributed by atoms with Crippen molar-refractivity contribution in [1.29, 1.82) is 0 Å². The van der Waals surface area contributed by atoms with Gasteiger partial charge in [0.2, 0.25) is 0 Å². The topological polar surface area (TPSA) is 245 Å². The van der Waals surface area contributed by atoms with Crippen molar-refractivity contribution in [3.8, 4) is 0 Å². The minimum atomic E-state index is -1.52. The van der Waals surface area contributed by atoms with E-state index < -0.39 is 11.3 Å². The van der Waals surface area contributed by atoms with Crippen LogP contribution in [0.25, 0.3) is 0 Å². The fourth-order valence-corrected chi connectivity index (χ4v) is 2.50.